The van der Waals surface area contributed by atoms with Gasteiger partial charge in [-0.15, -0.1) is 0 Å². The van der Waals surface area contributed by atoms with Crippen LogP contribution in [0.4, 0.5) is 5.69 Å². The number of hydrogen-bond acceptors (Lipinski definition) is 3. The van der Waals surface area contributed by atoms with E-state index in [2.05, 4.69) is 4.72 Å². The van der Waals surface area contributed by atoms with E-state index >= 15 is 0 Å². The summed E-state index contributed by atoms with van der Waals surface area (Å²) >= 11 is 11.6. The van der Waals surface area contributed by atoms with Crippen LogP contribution in [0.1, 0.15) is 10.4 Å². The van der Waals surface area contributed by atoms with Gasteiger partial charge in [-0.2, -0.15) is 0 Å². The van der Waals surface area contributed by atoms with E-state index in [0.717, 1.165) is 6.07 Å². The summed E-state index contributed by atoms with van der Waals surface area (Å²) < 4.78 is 26.8. The molecule has 2 aromatic carbocycles. The first-order valence-corrected chi connectivity index (χ1v) is 7.85. The van der Waals surface area contributed by atoms with Crippen molar-refractivity contribution in [2.45, 2.75) is 4.90 Å². The van der Waals surface area contributed by atoms with Gasteiger partial charge >= 0.3 is 5.97 Å². The third-order valence-electron chi connectivity index (χ3n) is 2.54. The van der Waals surface area contributed by atoms with Crippen LogP contribution in [0.5, 0.6) is 0 Å². The average Bonchev–Trinajstić information content (AvgIpc) is 2.38. The van der Waals surface area contributed by atoms with Crippen molar-refractivity contribution in [1.82, 2.24) is 0 Å². The fourth-order valence-corrected chi connectivity index (χ4v) is 3.37. The van der Waals surface area contributed by atoms with Crippen molar-refractivity contribution in [3.05, 3.63) is 58.1 Å². The van der Waals surface area contributed by atoms with Crippen molar-refractivity contribution in [2.75, 3.05) is 4.72 Å². The van der Waals surface area contributed by atoms with Crippen molar-refractivity contribution >= 4 is 44.9 Å². The molecule has 0 unspecified atom stereocenters. The molecule has 2 rings (SSSR count). The van der Waals surface area contributed by atoms with Crippen molar-refractivity contribution in [3.63, 3.8) is 0 Å². The topological polar surface area (TPSA) is 83.5 Å². The highest BCUT2D eigenvalue weighted by molar-refractivity contribution is 7.92. The number of halogens is 2. The van der Waals surface area contributed by atoms with Gasteiger partial charge in [0.05, 0.1) is 16.3 Å². The highest BCUT2D eigenvalue weighted by Gasteiger charge is 2.20. The smallest absolute Gasteiger partial charge is 0.335 e. The van der Waals surface area contributed by atoms with E-state index in [9.17, 15) is 13.2 Å². The van der Waals surface area contributed by atoms with Crippen LogP contribution in [0.3, 0.4) is 0 Å². The largest absolute Gasteiger partial charge is 0.478 e. The minimum absolute atomic E-state index is 0.0745. The number of carbonyl (C=O) groups is 1. The van der Waals surface area contributed by atoms with Gasteiger partial charge in [0.1, 0.15) is 4.90 Å². The lowest BCUT2D eigenvalue weighted by molar-refractivity contribution is 0.0696. The van der Waals surface area contributed by atoms with Crippen LogP contribution in [0, 0.1) is 0 Å². The van der Waals surface area contributed by atoms with Crippen LogP contribution in [-0.2, 0) is 10.0 Å². The predicted molar refractivity (Wildman–Crippen MR) is 80.7 cm³/mol. The van der Waals surface area contributed by atoms with E-state index in [1.54, 1.807) is 12.1 Å². The quantitative estimate of drug-likeness (QED) is 0.888. The summed E-state index contributed by atoms with van der Waals surface area (Å²) in [5, 5.41) is 9.20. The van der Waals surface area contributed by atoms with Gasteiger partial charge in [0.2, 0.25) is 0 Å². The summed E-state index contributed by atoms with van der Waals surface area (Å²) in [6, 6.07) is 9.55. The molecule has 0 bridgehead atoms. The van der Waals surface area contributed by atoms with Gasteiger partial charge in [-0.1, -0.05) is 29.3 Å². The predicted octanol–water partition coefficient (Wildman–Crippen LogP) is 3.49. The first-order valence-electron chi connectivity index (χ1n) is 5.61. The molecule has 0 aliphatic rings. The van der Waals surface area contributed by atoms with Gasteiger partial charge in [0.15, 0.2) is 0 Å². The molecular formula is C13H9Cl2NO4S. The average molecular weight is 346 g/mol. The molecular weight excluding hydrogens is 337 g/mol. The molecule has 0 atom stereocenters. The van der Waals surface area contributed by atoms with Crippen molar-refractivity contribution in [2.24, 2.45) is 0 Å². The maximum absolute atomic E-state index is 12.3. The standard InChI is InChI=1S/C13H9Cl2NO4S/c14-9-2-1-3-10(7-9)16-21(19,20)12-6-8(13(17)18)4-5-11(12)15/h1-7,16H,(H,17,18). The molecule has 2 aromatic rings. The third-order valence-corrected chi connectivity index (χ3v) is 4.64. The first-order chi connectivity index (χ1) is 9.79. The molecule has 0 aliphatic carbocycles. The summed E-state index contributed by atoms with van der Waals surface area (Å²) in [6.07, 6.45) is 0. The number of anilines is 1. The Bertz CT molecular complexity index is 806. The molecule has 0 heterocycles. The summed E-state index contributed by atoms with van der Waals surface area (Å²) in [6.45, 7) is 0. The molecule has 0 fully saturated rings. The van der Waals surface area contributed by atoms with Gasteiger partial charge in [-0.3, -0.25) is 4.72 Å². The Balaban J connectivity index is 2.44. The summed E-state index contributed by atoms with van der Waals surface area (Å²) in [7, 11) is -4.02. The van der Waals surface area contributed by atoms with Crippen LogP contribution >= 0.6 is 23.2 Å². The Morgan fingerprint density at radius 3 is 2.43 bits per heavy atom. The number of sulfonamides is 1. The van der Waals surface area contributed by atoms with Crippen molar-refractivity contribution < 1.29 is 18.3 Å². The van der Waals surface area contributed by atoms with E-state index in [1.807, 2.05) is 0 Å². The van der Waals surface area contributed by atoms with Gasteiger partial charge in [-0.25, -0.2) is 13.2 Å². The number of benzene rings is 2. The molecule has 0 amide bonds. The summed E-state index contributed by atoms with van der Waals surface area (Å²) in [5.74, 6) is -1.24. The van der Waals surface area contributed by atoms with Gasteiger partial charge in [0, 0.05) is 5.02 Å². The molecule has 110 valence electrons. The Hall–Kier alpha value is -1.76. The minimum atomic E-state index is -4.02. The van der Waals surface area contributed by atoms with E-state index in [1.165, 1.54) is 24.3 Å². The van der Waals surface area contributed by atoms with E-state index in [4.69, 9.17) is 28.3 Å². The number of nitrogens with one attached hydrogen (secondary N) is 1. The fraction of sp³-hybridized carbons (Fsp3) is 0. The highest BCUT2D eigenvalue weighted by Crippen LogP contribution is 2.26. The molecule has 21 heavy (non-hydrogen) atoms. The van der Waals surface area contributed by atoms with Gasteiger partial charge in [-0.05, 0) is 36.4 Å². The van der Waals surface area contributed by atoms with Gasteiger partial charge < -0.3 is 5.11 Å². The molecule has 0 aromatic heterocycles. The van der Waals surface area contributed by atoms with Crippen molar-refractivity contribution in [3.8, 4) is 0 Å². The summed E-state index contributed by atoms with van der Waals surface area (Å²) in [4.78, 5) is 10.6. The zero-order valence-corrected chi connectivity index (χ0v) is 12.7. The zero-order chi connectivity index (χ0) is 15.6. The molecule has 0 saturated carbocycles. The molecule has 5 nitrogen and oxygen atoms in total. The Morgan fingerprint density at radius 2 is 1.81 bits per heavy atom. The van der Waals surface area contributed by atoms with Crippen LogP contribution < -0.4 is 4.72 Å². The monoisotopic (exact) mass is 345 g/mol. The van der Waals surface area contributed by atoms with Crippen LogP contribution in [-0.4, -0.2) is 19.5 Å². The lowest BCUT2D eigenvalue weighted by Crippen LogP contribution is -2.14. The molecule has 8 heteroatoms. The third kappa shape index (κ3) is 3.66. The molecule has 0 aliphatic heterocycles. The normalized spacial score (nSPS) is 11.1. The summed E-state index contributed by atoms with van der Waals surface area (Å²) in [5.41, 5.74) is 0.0742. The maximum Gasteiger partial charge on any atom is 0.335 e. The first kappa shape index (κ1) is 15.6. The number of rotatable bonds is 4. The van der Waals surface area contributed by atoms with E-state index in [-0.39, 0.29) is 21.2 Å². The molecule has 0 radical (unpaired) electrons. The van der Waals surface area contributed by atoms with Crippen molar-refractivity contribution in [1.29, 1.82) is 0 Å². The molecule has 2 N–H and O–H groups in total. The van der Waals surface area contributed by atoms with Crippen LogP contribution in [0.25, 0.3) is 0 Å². The minimum Gasteiger partial charge on any atom is -0.478 e. The second-order valence-corrected chi connectivity index (χ2v) is 6.56. The second-order valence-electron chi connectivity index (χ2n) is 4.07. The van der Waals surface area contributed by atoms with Gasteiger partial charge in [0.25, 0.3) is 10.0 Å². The lowest BCUT2D eigenvalue weighted by atomic mass is 10.2. The number of aromatic carboxylic acids is 1. The van der Waals surface area contributed by atoms with Crippen LogP contribution in [0.2, 0.25) is 10.0 Å². The Labute approximate surface area is 131 Å². The lowest BCUT2D eigenvalue weighted by Gasteiger charge is -2.10. The Morgan fingerprint density at radius 1 is 1.10 bits per heavy atom. The number of carboxylic acid groups (broad SMARTS) is 1. The number of carboxylic acids is 1. The second kappa shape index (κ2) is 5.93. The number of hydrogen-bond donors (Lipinski definition) is 2. The van der Waals surface area contributed by atoms with E-state index < -0.39 is 16.0 Å². The zero-order valence-electron chi connectivity index (χ0n) is 10.4. The fourth-order valence-electron chi connectivity index (χ4n) is 1.60. The molecule has 0 saturated heterocycles. The van der Waals surface area contributed by atoms with Crippen LogP contribution in [0.15, 0.2) is 47.4 Å². The maximum atomic E-state index is 12.3. The molecule has 0 spiro atoms. The Kier molecular flexibility index (Phi) is 4.41. The van der Waals surface area contributed by atoms with E-state index in [0.29, 0.717) is 5.02 Å². The SMILES string of the molecule is O=C(O)c1ccc(Cl)c(S(=O)(=O)Nc2cccc(Cl)c2)c1. The highest BCUT2D eigenvalue weighted by atomic mass is 35.5.